The molecule has 15 aromatic rings. The highest BCUT2D eigenvalue weighted by Crippen LogP contribution is 2.62. The van der Waals surface area contributed by atoms with Gasteiger partial charge in [0.25, 0.3) is 0 Å². The summed E-state index contributed by atoms with van der Waals surface area (Å²) in [6.45, 7) is 0. The van der Waals surface area contributed by atoms with E-state index in [-0.39, 0.29) is 0 Å². The molecule has 3 nitrogen and oxygen atoms in total. The second-order valence-corrected chi connectivity index (χ2v) is 21.9. The van der Waals surface area contributed by atoms with E-state index in [1.165, 1.54) is 93.8 Å². The van der Waals surface area contributed by atoms with Gasteiger partial charge in [0.1, 0.15) is 0 Å². The van der Waals surface area contributed by atoms with Gasteiger partial charge in [-0.1, -0.05) is 243 Å². The van der Waals surface area contributed by atoms with Crippen molar-refractivity contribution in [2.24, 2.45) is 0 Å². The number of aromatic nitrogens is 2. The maximum Gasteiger partial charge on any atom is 0.0754 e. The van der Waals surface area contributed by atoms with Crippen LogP contribution in [0.3, 0.4) is 0 Å². The summed E-state index contributed by atoms with van der Waals surface area (Å²) >= 11 is 0. The molecule has 2 aromatic heterocycles. The molecule has 1 aliphatic heterocycles. The van der Waals surface area contributed by atoms with Crippen molar-refractivity contribution in [3.63, 3.8) is 0 Å². The minimum Gasteiger partial charge on any atom is -0.309 e. The lowest BCUT2D eigenvalue weighted by Gasteiger charge is -2.39. The van der Waals surface area contributed by atoms with Crippen LogP contribution in [0.25, 0.3) is 111 Å². The molecule has 1 unspecified atom stereocenters. The van der Waals surface area contributed by atoms with Crippen LogP contribution in [0, 0.1) is 0 Å². The fourth-order valence-electron chi connectivity index (χ4n) is 14.2. The van der Waals surface area contributed by atoms with E-state index in [1.54, 1.807) is 0 Å². The zero-order valence-corrected chi connectivity index (χ0v) is 44.8. The summed E-state index contributed by atoms with van der Waals surface area (Å²) < 4.78 is 4.91. The lowest BCUT2D eigenvalue weighted by molar-refractivity contribution is 0.749. The Morgan fingerprint density at radius 2 is 0.695 bits per heavy atom. The average molecular weight is 1040 g/mol. The van der Waals surface area contributed by atoms with Crippen molar-refractivity contribution >= 4 is 60.7 Å². The summed E-state index contributed by atoms with van der Waals surface area (Å²) in [4.78, 5) is 2.48. The number of rotatable bonds is 8. The third kappa shape index (κ3) is 6.71. The molecule has 382 valence electrons. The molecule has 1 spiro atoms. The van der Waals surface area contributed by atoms with Crippen LogP contribution in [0.2, 0.25) is 0 Å². The van der Waals surface area contributed by atoms with Gasteiger partial charge in [0, 0.05) is 44.0 Å². The Kier molecular flexibility index (Phi) is 10.2. The van der Waals surface area contributed by atoms with Crippen molar-refractivity contribution < 1.29 is 0 Å². The molecule has 0 saturated carbocycles. The Balaban J connectivity index is 0.834. The first kappa shape index (κ1) is 46.2. The van der Waals surface area contributed by atoms with Gasteiger partial charge in [-0.2, -0.15) is 0 Å². The molecule has 0 bridgehead atoms. The zero-order valence-electron chi connectivity index (χ0n) is 44.8. The van der Waals surface area contributed by atoms with Crippen molar-refractivity contribution in [1.29, 1.82) is 0 Å². The molecule has 1 atom stereocenters. The second-order valence-electron chi connectivity index (χ2n) is 21.9. The van der Waals surface area contributed by atoms with Crippen LogP contribution in [0.4, 0.5) is 17.1 Å². The Labute approximate surface area is 476 Å². The zero-order chi connectivity index (χ0) is 53.9. The minimum atomic E-state index is -0.576. The summed E-state index contributed by atoms with van der Waals surface area (Å²) in [7, 11) is 0. The highest BCUT2D eigenvalue weighted by Gasteiger charge is 2.51. The maximum atomic E-state index is 2.53. The number of para-hydroxylation sites is 7. The first-order valence-electron chi connectivity index (χ1n) is 28.4. The van der Waals surface area contributed by atoms with Crippen molar-refractivity contribution in [3.05, 3.63) is 332 Å². The lowest BCUT2D eigenvalue weighted by atomic mass is 9.65. The van der Waals surface area contributed by atoms with Gasteiger partial charge in [-0.25, -0.2) is 0 Å². The van der Waals surface area contributed by atoms with Gasteiger partial charge >= 0.3 is 0 Å². The molecule has 17 rings (SSSR count). The van der Waals surface area contributed by atoms with Gasteiger partial charge < -0.3 is 14.0 Å². The topological polar surface area (TPSA) is 13.1 Å². The molecule has 13 aromatic carbocycles. The summed E-state index contributed by atoms with van der Waals surface area (Å²) in [5, 5.41) is 5.08. The van der Waals surface area contributed by atoms with E-state index in [9.17, 15) is 0 Å². The highest BCUT2D eigenvalue weighted by molar-refractivity contribution is 6.13. The number of benzene rings is 13. The summed E-state index contributed by atoms with van der Waals surface area (Å²) in [5.74, 6) is 0. The predicted molar refractivity (Wildman–Crippen MR) is 342 cm³/mol. The lowest BCUT2D eigenvalue weighted by Crippen LogP contribution is -2.33. The van der Waals surface area contributed by atoms with Crippen LogP contribution in [0.5, 0.6) is 0 Å². The molecule has 3 heteroatoms. The van der Waals surface area contributed by atoms with Crippen LogP contribution < -0.4 is 4.90 Å². The van der Waals surface area contributed by atoms with Gasteiger partial charge in [0.15, 0.2) is 0 Å². The fraction of sp³-hybridized carbons (Fsp3) is 0.0127. The largest absolute Gasteiger partial charge is 0.309 e. The summed E-state index contributed by atoms with van der Waals surface area (Å²) in [6.07, 6.45) is 0. The molecule has 0 saturated heterocycles. The van der Waals surface area contributed by atoms with Gasteiger partial charge in [-0.3, -0.25) is 0 Å². The van der Waals surface area contributed by atoms with Crippen LogP contribution >= 0.6 is 0 Å². The molecule has 3 heterocycles. The molecule has 1 aliphatic carbocycles. The van der Waals surface area contributed by atoms with Gasteiger partial charge in [-0.15, -0.1) is 0 Å². The highest BCUT2D eigenvalue weighted by atomic mass is 15.1. The predicted octanol–water partition coefficient (Wildman–Crippen LogP) is 20.7. The molecule has 0 radical (unpaired) electrons. The Morgan fingerprint density at radius 3 is 1.37 bits per heavy atom. The molecule has 0 N–H and O–H groups in total. The van der Waals surface area contributed by atoms with E-state index in [2.05, 4.69) is 323 Å². The average Bonchev–Trinajstić information content (AvgIpc) is 3.67. The molecule has 2 aliphatic rings. The normalized spacial score (nSPS) is 13.9. The molecule has 0 amide bonds. The number of nitrogens with zero attached hydrogens (tertiary/aromatic N) is 3. The second kappa shape index (κ2) is 18.2. The molecule has 82 heavy (non-hydrogen) atoms. The first-order valence-corrected chi connectivity index (χ1v) is 28.4. The molecule has 0 fully saturated rings. The number of hydrogen-bond acceptors (Lipinski definition) is 1. The molecular weight excluding hydrogens is 991 g/mol. The van der Waals surface area contributed by atoms with Crippen molar-refractivity contribution in [2.45, 2.75) is 5.41 Å². The van der Waals surface area contributed by atoms with Crippen LogP contribution in [-0.2, 0) is 5.41 Å². The third-order valence-corrected chi connectivity index (χ3v) is 17.8. The summed E-state index contributed by atoms with van der Waals surface area (Å²) in [6, 6.07) is 115. The van der Waals surface area contributed by atoms with Crippen LogP contribution in [0.1, 0.15) is 22.3 Å². The van der Waals surface area contributed by atoms with Crippen molar-refractivity contribution in [3.8, 4) is 67.0 Å². The van der Waals surface area contributed by atoms with Crippen LogP contribution in [0.15, 0.2) is 309 Å². The van der Waals surface area contributed by atoms with Gasteiger partial charge in [0.05, 0.1) is 44.5 Å². The minimum absolute atomic E-state index is 0.576. The maximum absolute atomic E-state index is 2.53. The Morgan fingerprint density at radius 1 is 0.256 bits per heavy atom. The summed E-state index contributed by atoms with van der Waals surface area (Å²) in [5.41, 5.74) is 27.1. The Hall–Kier alpha value is -10.7. The first-order chi connectivity index (χ1) is 40.7. The van der Waals surface area contributed by atoms with Crippen molar-refractivity contribution in [2.75, 3.05) is 4.90 Å². The number of anilines is 3. The smallest absolute Gasteiger partial charge is 0.0754 e. The van der Waals surface area contributed by atoms with E-state index < -0.39 is 5.41 Å². The van der Waals surface area contributed by atoms with Gasteiger partial charge in [-0.05, 0) is 133 Å². The van der Waals surface area contributed by atoms with E-state index in [1.807, 2.05) is 0 Å². The third-order valence-electron chi connectivity index (χ3n) is 17.8. The van der Waals surface area contributed by atoms with Crippen LogP contribution in [-0.4, -0.2) is 9.13 Å². The standard InChI is InChI=1S/C79H51N3/c1-2-19-52(20-3-1)53-37-39-56(40-38-53)60-21-5-12-31-72(60)80(58-46-41-54(42-47-58)55-43-48-59(49-44-55)81-74-33-14-7-24-64(74)65-25-8-15-34-75(65)81)73-32-13-6-22-61(73)57-45-50-63-62-23-4-10-28-68(62)79(71(63)51-57)69-29-11-17-36-77(69)82-76-35-16-9-26-66(76)67-27-18-30-70(79)78(67)82/h1-51H. The van der Waals surface area contributed by atoms with Gasteiger partial charge in [0.2, 0.25) is 0 Å². The molecular formula is C79H51N3. The number of hydrogen-bond donors (Lipinski definition) is 0. The fourth-order valence-corrected chi connectivity index (χ4v) is 14.2. The Bertz CT molecular complexity index is 4970. The number of fused-ring (bicyclic) bond motifs is 15. The van der Waals surface area contributed by atoms with E-state index in [0.29, 0.717) is 0 Å². The van der Waals surface area contributed by atoms with Crippen molar-refractivity contribution in [1.82, 2.24) is 9.13 Å². The monoisotopic (exact) mass is 1040 g/mol. The quantitative estimate of drug-likeness (QED) is 0.148. The van der Waals surface area contributed by atoms with E-state index >= 15 is 0 Å². The van der Waals surface area contributed by atoms with E-state index in [0.717, 1.165) is 56.1 Å². The SMILES string of the molecule is c1ccc(-c2ccc(-c3ccccc3N(c3ccc(-c4ccc(-n5c6ccccc6c6ccccc65)cc4)cc3)c3ccccc3-c3ccc4c(c3)C3(c5ccccc5-4)c4ccccc4-n4c5ccccc5c5cccc3c54)cc2)cc1. The van der Waals surface area contributed by atoms with E-state index in [4.69, 9.17) is 0 Å².